The lowest BCUT2D eigenvalue weighted by atomic mass is 9.38. The number of carboxylic acid groups (broad SMARTS) is 1. The average molecular weight is 389 g/mol. The van der Waals surface area contributed by atoms with Crippen LogP contribution in [0.25, 0.3) is 0 Å². The molecule has 0 spiro atoms. The highest BCUT2D eigenvalue weighted by Gasteiger charge is 2.62. The van der Waals surface area contributed by atoms with Crippen molar-refractivity contribution in [3.63, 3.8) is 0 Å². The first-order valence-electron chi connectivity index (χ1n) is 12.5. The molecule has 0 aromatic carbocycles. The summed E-state index contributed by atoms with van der Waals surface area (Å²) in [5.41, 5.74) is 0.584. The predicted octanol–water partition coefficient (Wildman–Crippen LogP) is 7.32. The minimum atomic E-state index is -0.497. The first kappa shape index (κ1) is 20.7. The van der Waals surface area contributed by atoms with Crippen LogP contribution in [0.4, 0.5) is 0 Å². The smallest absolute Gasteiger partial charge is 0.309 e. The van der Waals surface area contributed by atoms with Crippen LogP contribution in [0.2, 0.25) is 0 Å². The molecule has 28 heavy (non-hydrogen) atoms. The van der Waals surface area contributed by atoms with Crippen LogP contribution in [0, 0.1) is 45.8 Å². The molecule has 0 heterocycles. The van der Waals surface area contributed by atoms with E-state index in [-0.39, 0.29) is 0 Å². The Morgan fingerprint density at radius 2 is 1.68 bits per heavy atom. The van der Waals surface area contributed by atoms with E-state index in [9.17, 15) is 9.90 Å². The molecular formula is C26H44O2. The van der Waals surface area contributed by atoms with Crippen molar-refractivity contribution in [3.8, 4) is 0 Å². The van der Waals surface area contributed by atoms with Gasteiger partial charge in [0.2, 0.25) is 0 Å². The number of unbranched alkanes of at least 4 members (excludes halogenated alkanes) is 1. The summed E-state index contributed by atoms with van der Waals surface area (Å²) in [5.74, 6) is 3.64. The number of carbonyl (C=O) groups is 1. The van der Waals surface area contributed by atoms with Crippen LogP contribution in [-0.2, 0) is 4.79 Å². The van der Waals surface area contributed by atoms with Gasteiger partial charge in [0.1, 0.15) is 0 Å². The fourth-order valence-electron chi connectivity index (χ4n) is 9.39. The largest absolute Gasteiger partial charge is 0.481 e. The van der Waals surface area contributed by atoms with Crippen LogP contribution in [0.3, 0.4) is 0 Å². The quantitative estimate of drug-likeness (QED) is 0.548. The van der Waals surface area contributed by atoms with Gasteiger partial charge in [0.05, 0.1) is 5.41 Å². The summed E-state index contributed by atoms with van der Waals surface area (Å²) in [6, 6.07) is 0. The van der Waals surface area contributed by atoms with E-state index in [0.717, 1.165) is 55.8 Å². The average Bonchev–Trinajstić information content (AvgIpc) is 2.65. The molecule has 0 amide bonds. The highest BCUT2D eigenvalue weighted by atomic mass is 16.4. The maximum atomic E-state index is 12.3. The van der Waals surface area contributed by atoms with E-state index in [0.29, 0.717) is 16.7 Å². The van der Waals surface area contributed by atoms with Crippen LogP contribution in [0.1, 0.15) is 111 Å². The van der Waals surface area contributed by atoms with E-state index >= 15 is 0 Å². The van der Waals surface area contributed by atoms with Crippen molar-refractivity contribution < 1.29 is 9.90 Å². The third kappa shape index (κ3) is 2.99. The number of rotatable bonds is 4. The van der Waals surface area contributed by atoms with E-state index in [4.69, 9.17) is 0 Å². The highest BCUT2D eigenvalue weighted by Crippen LogP contribution is 2.69. The molecule has 160 valence electrons. The Morgan fingerprint density at radius 1 is 0.964 bits per heavy atom. The lowest BCUT2D eigenvalue weighted by Gasteiger charge is -2.66. The molecule has 0 aliphatic heterocycles. The molecule has 1 N–H and O–H groups in total. The molecular weight excluding hydrogens is 344 g/mol. The molecule has 0 aromatic heterocycles. The van der Waals surface area contributed by atoms with Gasteiger partial charge in [-0.15, -0.1) is 0 Å². The van der Waals surface area contributed by atoms with E-state index < -0.39 is 11.4 Å². The maximum Gasteiger partial charge on any atom is 0.309 e. The lowest BCUT2D eigenvalue weighted by molar-refractivity contribution is -0.181. The molecule has 4 saturated carbocycles. The van der Waals surface area contributed by atoms with Gasteiger partial charge in [-0.3, -0.25) is 4.79 Å². The second-order valence-corrected chi connectivity index (χ2v) is 12.0. The minimum Gasteiger partial charge on any atom is -0.481 e. The van der Waals surface area contributed by atoms with Crippen LogP contribution in [0.5, 0.6) is 0 Å². The van der Waals surface area contributed by atoms with Gasteiger partial charge in [0, 0.05) is 0 Å². The van der Waals surface area contributed by atoms with Crippen LogP contribution < -0.4 is 0 Å². The molecule has 0 aromatic rings. The van der Waals surface area contributed by atoms with Crippen molar-refractivity contribution in [2.75, 3.05) is 0 Å². The van der Waals surface area contributed by atoms with E-state index in [1.54, 1.807) is 0 Å². The first-order valence-corrected chi connectivity index (χ1v) is 12.5. The molecule has 4 aliphatic rings. The molecule has 4 rings (SSSR count). The Morgan fingerprint density at radius 3 is 2.39 bits per heavy atom. The normalized spacial score (nSPS) is 50.9. The first-order chi connectivity index (χ1) is 13.3. The standard InChI is InChI=1S/C26H44O2/c1-5-6-14-26(23(27)28)16-12-21-19(17-26)9-10-22-24(3)13-7-8-18(2)20(24)11-15-25(21,22)4/h18-22H,5-17H2,1-4H3,(H,27,28). The molecule has 8 unspecified atom stereocenters. The van der Waals surface area contributed by atoms with Gasteiger partial charge in [-0.05, 0) is 98.2 Å². The molecule has 0 saturated heterocycles. The van der Waals surface area contributed by atoms with Crippen LogP contribution in [-0.4, -0.2) is 11.1 Å². The third-order valence-electron chi connectivity index (χ3n) is 10.8. The molecule has 8 atom stereocenters. The monoisotopic (exact) mass is 388 g/mol. The second kappa shape index (κ2) is 7.31. The summed E-state index contributed by atoms with van der Waals surface area (Å²) in [5, 5.41) is 10.1. The predicted molar refractivity (Wildman–Crippen MR) is 115 cm³/mol. The van der Waals surface area contributed by atoms with Gasteiger partial charge in [0.25, 0.3) is 0 Å². The summed E-state index contributed by atoms with van der Waals surface area (Å²) >= 11 is 0. The molecule has 2 heteroatoms. The highest BCUT2D eigenvalue weighted by molar-refractivity contribution is 5.74. The molecule has 4 fully saturated rings. The maximum absolute atomic E-state index is 12.3. The number of hydrogen-bond acceptors (Lipinski definition) is 1. The number of fused-ring (bicyclic) bond motifs is 5. The van der Waals surface area contributed by atoms with E-state index in [2.05, 4.69) is 27.7 Å². The molecule has 2 nitrogen and oxygen atoms in total. The molecule has 0 radical (unpaired) electrons. The summed E-state index contributed by atoms with van der Waals surface area (Å²) in [6.07, 6.45) is 15.9. The van der Waals surface area contributed by atoms with Crippen LogP contribution >= 0.6 is 0 Å². The summed E-state index contributed by atoms with van der Waals surface area (Å²) in [4.78, 5) is 12.3. The van der Waals surface area contributed by atoms with Crippen molar-refractivity contribution >= 4 is 5.97 Å². The zero-order valence-electron chi connectivity index (χ0n) is 18.9. The SMILES string of the molecule is CCCCC1(C(=O)O)CCC2C(CCC3C4(C)CCCC(C)C4CCC23C)C1. The van der Waals surface area contributed by atoms with E-state index in [1.807, 2.05) is 0 Å². The van der Waals surface area contributed by atoms with Crippen molar-refractivity contribution in [1.82, 2.24) is 0 Å². The second-order valence-electron chi connectivity index (χ2n) is 12.0. The Balaban J connectivity index is 1.58. The third-order valence-corrected chi connectivity index (χ3v) is 10.8. The zero-order valence-corrected chi connectivity index (χ0v) is 18.9. The van der Waals surface area contributed by atoms with Gasteiger partial charge < -0.3 is 5.11 Å². The lowest BCUT2D eigenvalue weighted by Crippen LogP contribution is -2.59. The number of hydrogen-bond donors (Lipinski definition) is 1. The van der Waals surface area contributed by atoms with E-state index in [1.165, 1.54) is 51.4 Å². The van der Waals surface area contributed by atoms with Crippen LogP contribution in [0.15, 0.2) is 0 Å². The van der Waals surface area contributed by atoms with Crippen molar-refractivity contribution in [2.45, 2.75) is 111 Å². The Bertz CT molecular complexity index is 599. The van der Waals surface area contributed by atoms with Crippen molar-refractivity contribution in [2.24, 2.45) is 45.8 Å². The molecule has 4 aliphatic carbocycles. The van der Waals surface area contributed by atoms with Crippen molar-refractivity contribution in [3.05, 3.63) is 0 Å². The summed E-state index contributed by atoms with van der Waals surface area (Å²) < 4.78 is 0. The Labute approximate surface area is 173 Å². The Kier molecular flexibility index (Phi) is 5.41. The summed E-state index contributed by atoms with van der Waals surface area (Å²) in [6.45, 7) is 10.0. The summed E-state index contributed by atoms with van der Waals surface area (Å²) in [7, 11) is 0. The fourth-order valence-corrected chi connectivity index (χ4v) is 9.39. The Hall–Kier alpha value is -0.530. The number of carboxylic acids is 1. The van der Waals surface area contributed by atoms with Gasteiger partial charge in [-0.1, -0.05) is 53.4 Å². The topological polar surface area (TPSA) is 37.3 Å². The number of aliphatic carboxylic acids is 1. The minimum absolute atomic E-state index is 0.416. The zero-order chi connectivity index (χ0) is 20.2. The van der Waals surface area contributed by atoms with Gasteiger partial charge in [-0.25, -0.2) is 0 Å². The van der Waals surface area contributed by atoms with Gasteiger partial charge in [0.15, 0.2) is 0 Å². The van der Waals surface area contributed by atoms with Gasteiger partial charge in [-0.2, -0.15) is 0 Å². The van der Waals surface area contributed by atoms with Gasteiger partial charge >= 0.3 is 5.97 Å². The van der Waals surface area contributed by atoms with Crippen molar-refractivity contribution in [1.29, 1.82) is 0 Å². The molecule has 0 bridgehead atoms. The fraction of sp³-hybridized carbons (Fsp3) is 0.962.